The molecule has 0 aliphatic rings. The molecular formula is C7H8N2O4. The lowest BCUT2D eigenvalue weighted by Gasteiger charge is -2.05. The van der Waals surface area contributed by atoms with Gasteiger partial charge in [-0.25, -0.2) is 0 Å². The number of rotatable bonds is 3. The number of benzene rings is 1. The van der Waals surface area contributed by atoms with Crippen LogP contribution in [0.25, 0.3) is 0 Å². The lowest BCUT2D eigenvalue weighted by Crippen LogP contribution is -1.96. The number of nitro groups is 1. The average molecular weight is 184 g/mol. The molecule has 0 saturated heterocycles. The number of nitrogens with zero attached hydrogens (tertiary/aromatic N) is 1. The van der Waals surface area contributed by atoms with E-state index < -0.39 is 4.92 Å². The molecule has 0 aromatic heterocycles. The topological polar surface area (TPSA) is 84.6 Å². The summed E-state index contributed by atoms with van der Waals surface area (Å²) in [5.74, 6) is 0.219. The van der Waals surface area contributed by atoms with Crippen LogP contribution >= 0.6 is 0 Å². The van der Waals surface area contributed by atoms with Gasteiger partial charge in [-0.1, -0.05) is 0 Å². The Morgan fingerprint density at radius 1 is 1.62 bits per heavy atom. The number of non-ortho nitro benzene ring substituents is 1. The Kier molecular flexibility index (Phi) is 2.65. The highest BCUT2D eigenvalue weighted by atomic mass is 16.6. The Morgan fingerprint density at radius 3 is 2.77 bits per heavy atom. The lowest BCUT2D eigenvalue weighted by molar-refractivity contribution is -0.384. The van der Waals surface area contributed by atoms with Crippen molar-refractivity contribution in [2.45, 2.75) is 0 Å². The van der Waals surface area contributed by atoms with Gasteiger partial charge in [0.25, 0.3) is 5.69 Å². The second kappa shape index (κ2) is 3.72. The van der Waals surface area contributed by atoms with E-state index in [0.717, 1.165) is 0 Å². The van der Waals surface area contributed by atoms with Crippen molar-refractivity contribution >= 4 is 11.4 Å². The molecule has 0 fully saturated rings. The number of hydrogen-bond donors (Lipinski definition) is 2. The number of hydrogen-bond acceptors (Lipinski definition) is 5. The van der Waals surface area contributed by atoms with E-state index in [1.807, 2.05) is 5.48 Å². The smallest absolute Gasteiger partial charge is 0.273 e. The van der Waals surface area contributed by atoms with E-state index in [-0.39, 0.29) is 17.1 Å². The monoisotopic (exact) mass is 184 g/mol. The zero-order chi connectivity index (χ0) is 9.84. The fourth-order valence-corrected chi connectivity index (χ4v) is 0.886. The summed E-state index contributed by atoms with van der Waals surface area (Å²) < 4.78 is 4.80. The molecule has 0 spiro atoms. The van der Waals surface area contributed by atoms with Crippen molar-refractivity contribution in [1.82, 2.24) is 0 Å². The first kappa shape index (κ1) is 9.27. The van der Waals surface area contributed by atoms with Crippen molar-refractivity contribution in [2.75, 3.05) is 12.6 Å². The van der Waals surface area contributed by atoms with Crippen LogP contribution in [0.4, 0.5) is 11.4 Å². The molecule has 0 radical (unpaired) electrons. The van der Waals surface area contributed by atoms with Gasteiger partial charge in [-0.3, -0.25) is 20.8 Å². The van der Waals surface area contributed by atoms with Crippen LogP contribution in [0.5, 0.6) is 5.75 Å². The minimum Gasteiger partial charge on any atom is -0.494 e. The summed E-state index contributed by atoms with van der Waals surface area (Å²) in [7, 11) is 1.36. The Morgan fingerprint density at radius 2 is 2.31 bits per heavy atom. The molecule has 0 aliphatic carbocycles. The molecule has 0 bridgehead atoms. The molecule has 6 heteroatoms. The van der Waals surface area contributed by atoms with Gasteiger partial charge < -0.3 is 4.74 Å². The minimum absolute atomic E-state index is 0.0872. The summed E-state index contributed by atoms with van der Waals surface area (Å²) >= 11 is 0. The third kappa shape index (κ3) is 1.85. The van der Waals surface area contributed by atoms with Gasteiger partial charge in [-0.2, -0.15) is 0 Å². The molecule has 0 amide bonds. The lowest BCUT2D eigenvalue weighted by atomic mass is 10.2. The van der Waals surface area contributed by atoms with E-state index in [4.69, 9.17) is 9.94 Å². The molecule has 0 unspecified atom stereocenters. The summed E-state index contributed by atoms with van der Waals surface area (Å²) in [5, 5.41) is 18.9. The Labute approximate surface area is 73.9 Å². The van der Waals surface area contributed by atoms with Crippen LogP contribution < -0.4 is 10.2 Å². The Hall–Kier alpha value is -1.82. The maximum atomic E-state index is 10.3. The van der Waals surface area contributed by atoms with Crippen molar-refractivity contribution in [3.8, 4) is 5.75 Å². The summed E-state index contributed by atoms with van der Waals surface area (Å²) in [6.45, 7) is 0. The Balaban J connectivity index is 3.13. The van der Waals surface area contributed by atoms with Crippen LogP contribution in [-0.2, 0) is 0 Å². The van der Waals surface area contributed by atoms with Crippen molar-refractivity contribution in [3.05, 3.63) is 28.3 Å². The molecule has 0 heterocycles. The van der Waals surface area contributed by atoms with Crippen LogP contribution in [0.2, 0.25) is 0 Å². The quantitative estimate of drug-likeness (QED) is 0.547. The van der Waals surface area contributed by atoms with Gasteiger partial charge in [0, 0.05) is 6.07 Å². The van der Waals surface area contributed by atoms with E-state index >= 15 is 0 Å². The fraction of sp³-hybridized carbons (Fsp3) is 0.143. The summed E-state index contributed by atoms with van der Waals surface area (Å²) in [4.78, 5) is 9.80. The number of nitro benzene ring substituents is 1. The van der Waals surface area contributed by atoms with Crippen LogP contribution in [0, 0.1) is 10.1 Å². The van der Waals surface area contributed by atoms with E-state index in [0.29, 0.717) is 0 Å². The van der Waals surface area contributed by atoms with Gasteiger partial charge in [0.05, 0.1) is 18.1 Å². The molecule has 1 rings (SSSR count). The summed E-state index contributed by atoms with van der Waals surface area (Å²) in [5.41, 5.74) is 2.06. The van der Waals surface area contributed by atoms with Crippen LogP contribution in [-0.4, -0.2) is 17.2 Å². The molecule has 0 aliphatic heterocycles. The maximum Gasteiger partial charge on any atom is 0.273 e. The van der Waals surface area contributed by atoms with Crippen LogP contribution in [0.1, 0.15) is 0 Å². The predicted octanol–water partition coefficient (Wildman–Crippen LogP) is 1.40. The molecule has 1 aromatic rings. The molecule has 0 saturated carbocycles. The zero-order valence-corrected chi connectivity index (χ0v) is 6.85. The highest BCUT2D eigenvalue weighted by Crippen LogP contribution is 2.28. The standard InChI is InChI=1S/C7H8N2O4/c1-13-7-4-5(9(11)12)2-3-6(7)8-10/h2-4,8,10H,1H3. The highest BCUT2D eigenvalue weighted by Gasteiger charge is 2.10. The van der Waals surface area contributed by atoms with E-state index in [2.05, 4.69) is 0 Å². The predicted molar refractivity (Wildman–Crippen MR) is 45.1 cm³/mol. The van der Waals surface area contributed by atoms with E-state index in [1.54, 1.807) is 0 Å². The molecule has 70 valence electrons. The molecular weight excluding hydrogens is 176 g/mol. The van der Waals surface area contributed by atoms with Gasteiger partial charge in [-0.15, -0.1) is 0 Å². The van der Waals surface area contributed by atoms with Gasteiger partial charge in [0.15, 0.2) is 5.75 Å². The highest BCUT2D eigenvalue weighted by molar-refractivity contribution is 5.59. The second-order valence-electron chi connectivity index (χ2n) is 2.25. The first-order valence-electron chi connectivity index (χ1n) is 3.41. The van der Waals surface area contributed by atoms with Crippen molar-refractivity contribution in [2.24, 2.45) is 0 Å². The molecule has 13 heavy (non-hydrogen) atoms. The first-order chi connectivity index (χ1) is 6.19. The minimum atomic E-state index is -0.538. The second-order valence-corrected chi connectivity index (χ2v) is 2.25. The maximum absolute atomic E-state index is 10.3. The fourth-order valence-electron chi connectivity index (χ4n) is 0.886. The SMILES string of the molecule is COc1cc([N+](=O)[O-])ccc1NO. The first-order valence-corrected chi connectivity index (χ1v) is 3.41. The van der Waals surface area contributed by atoms with E-state index in [1.165, 1.54) is 25.3 Å². The van der Waals surface area contributed by atoms with E-state index in [9.17, 15) is 10.1 Å². The largest absolute Gasteiger partial charge is 0.494 e. The van der Waals surface area contributed by atoms with Gasteiger partial charge in [0.1, 0.15) is 5.69 Å². The molecule has 2 N–H and O–H groups in total. The number of ether oxygens (including phenoxy) is 1. The average Bonchev–Trinajstić information content (AvgIpc) is 2.16. The number of nitrogens with one attached hydrogen (secondary N) is 1. The summed E-state index contributed by atoms with van der Waals surface area (Å²) in [6, 6.07) is 3.84. The molecule has 6 nitrogen and oxygen atoms in total. The number of anilines is 1. The molecule has 1 aromatic carbocycles. The molecule has 0 atom stereocenters. The summed E-state index contributed by atoms with van der Waals surface area (Å²) in [6.07, 6.45) is 0. The van der Waals surface area contributed by atoms with Crippen molar-refractivity contribution in [1.29, 1.82) is 0 Å². The van der Waals surface area contributed by atoms with Gasteiger partial charge in [0.2, 0.25) is 0 Å². The van der Waals surface area contributed by atoms with Gasteiger partial charge in [-0.05, 0) is 6.07 Å². The Bertz CT molecular complexity index is 326. The van der Waals surface area contributed by atoms with Crippen LogP contribution in [0.15, 0.2) is 18.2 Å². The normalized spacial score (nSPS) is 9.38. The van der Waals surface area contributed by atoms with Crippen molar-refractivity contribution < 1.29 is 14.9 Å². The zero-order valence-electron chi connectivity index (χ0n) is 6.85. The third-order valence-corrected chi connectivity index (χ3v) is 1.52. The van der Waals surface area contributed by atoms with Crippen molar-refractivity contribution in [3.63, 3.8) is 0 Å². The third-order valence-electron chi connectivity index (χ3n) is 1.52. The van der Waals surface area contributed by atoms with Crippen LogP contribution in [0.3, 0.4) is 0 Å². The number of methoxy groups -OCH3 is 1. The van der Waals surface area contributed by atoms with Gasteiger partial charge >= 0.3 is 0 Å².